The largest absolute Gasteiger partial charge is 0.508 e. The number of rotatable bonds is 13. The van der Waals surface area contributed by atoms with Gasteiger partial charge in [0.1, 0.15) is 24.4 Å². The SMILES string of the molecule is CC(NC(=O)C(N)Cc1ccc(O)cc1)C(=O)NCC(=O)N(C)C(Cc1ccccc1)C(=O)NCC(=O)O. The number of carboxylic acids is 1. The van der Waals surface area contributed by atoms with Gasteiger partial charge in [0.15, 0.2) is 0 Å². The summed E-state index contributed by atoms with van der Waals surface area (Å²) >= 11 is 0. The van der Waals surface area contributed by atoms with Gasteiger partial charge in [-0.05, 0) is 36.6 Å². The first kappa shape index (κ1) is 29.8. The Morgan fingerprint density at radius 2 is 1.42 bits per heavy atom. The van der Waals surface area contributed by atoms with E-state index >= 15 is 0 Å². The molecule has 0 aliphatic carbocycles. The van der Waals surface area contributed by atoms with Crippen LogP contribution in [0.25, 0.3) is 0 Å². The van der Waals surface area contributed by atoms with Gasteiger partial charge in [-0.3, -0.25) is 24.0 Å². The third-order valence-electron chi connectivity index (χ3n) is 5.74. The molecule has 4 amide bonds. The Kier molecular flexibility index (Phi) is 11.2. The molecule has 204 valence electrons. The number of hydrogen-bond donors (Lipinski definition) is 6. The summed E-state index contributed by atoms with van der Waals surface area (Å²) in [5, 5.41) is 25.4. The molecule has 0 saturated carbocycles. The van der Waals surface area contributed by atoms with Crippen molar-refractivity contribution in [3.05, 3.63) is 65.7 Å². The lowest BCUT2D eigenvalue weighted by atomic mass is 10.0. The zero-order valence-electron chi connectivity index (χ0n) is 21.2. The highest BCUT2D eigenvalue weighted by atomic mass is 16.4. The highest BCUT2D eigenvalue weighted by Crippen LogP contribution is 2.11. The number of aliphatic carboxylic acids is 1. The minimum absolute atomic E-state index is 0.0875. The Morgan fingerprint density at radius 3 is 2.03 bits per heavy atom. The van der Waals surface area contributed by atoms with Gasteiger partial charge in [-0.25, -0.2) is 0 Å². The molecule has 3 atom stereocenters. The summed E-state index contributed by atoms with van der Waals surface area (Å²) < 4.78 is 0. The second kappa shape index (κ2) is 14.3. The summed E-state index contributed by atoms with van der Waals surface area (Å²) in [5.41, 5.74) is 7.41. The Labute approximate surface area is 220 Å². The van der Waals surface area contributed by atoms with E-state index in [2.05, 4.69) is 16.0 Å². The van der Waals surface area contributed by atoms with Crippen LogP contribution in [0.3, 0.4) is 0 Å². The van der Waals surface area contributed by atoms with Crippen LogP contribution in [0.15, 0.2) is 54.6 Å². The highest BCUT2D eigenvalue weighted by Gasteiger charge is 2.28. The number of amides is 4. The van der Waals surface area contributed by atoms with Gasteiger partial charge in [-0.15, -0.1) is 0 Å². The average Bonchev–Trinajstić information content (AvgIpc) is 2.90. The van der Waals surface area contributed by atoms with Crippen LogP contribution in [0.2, 0.25) is 0 Å². The molecule has 0 aliphatic heterocycles. The summed E-state index contributed by atoms with van der Waals surface area (Å²) in [6.07, 6.45) is 0.324. The number of carboxylic acid groups (broad SMARTS) is 1. The number of phenolic OH excluding ortho intramolecular Hbond substituents is 1. The molecule has 0 bridgehead atoms. The lowest BCUT2D eigenvalue weighted by Gasteiger charge is -2.27. The van der Waals surface area contributed by atoms with E-state index in [-0.39, 0.29) is 18.6 Å². The van der Waals surface area contributed by atoms with Crippen molar-refractivity contribution >= 4 is 29.6 Å². The lowest BCUT2D eigenvalue weighted by Crippen LogP contribution is -2.54. The van der Waals surface area contributed by atoms with Crippen LogP contribution < -0.4 is 21.7 Å². The second-order valence-electron chi connectivity index (χ2n) is 8.75. The Balaban J connectivity index is 1.92. The molecule has 12 nitrogen and oxygen atoms in total. The highest BCUT2D eigenvalue weighted by molar-refractivity contribution is 5.93. The molecule has 7 N–H and O–H groups in total. The van der Waals surface area contributed by atoms with Crippen LogP contribution in [0, 0.1) is 0 Å². The molecule has 2 rings (SSSR count). The monoisotopic (exact) mass is 527 g/mol. The summed E-state index contributed by atoms with van der Waals surface area (Å²) in [6.45, 7) is 0.383. The smallest absolute Gasteiger partial charge is 0.322 e. The maximum absolute atomic E-state index is 12.8. The zero-order chi connectivity index (χ0) is 28.2. The van der Waals surface area contributed by atoms with E-state index in [1.807, 2.05) is 0 Å². The fraction of sp³-hybridized carbons (Fsp3) is 0.346. The lowest BCUT2D eigenvalue weighted by molar-refractivity contribution is -0.141. The van der Waals surface area contributed by atoms with E-state index in [0.717, 1.165) is 16.0 Å². The molecule has 0 spiro atoms. The first-order valence-electron chi connectivity index (χ1n) is 11.9. The molecule has 0 aromatic heterocycles. The minimum atomic E-state index is -1.23. The molecular weight excluding hydrogens is 494 g/mol. The first-order chi connectivity index (χ1) is 18.0. The number of benzene rings is 2. The third-order valence-corrected chi connectivity index (χ3v) is 5.74. The molecule has 12 heteroatoms. The molecule has 0 heterocycles. The number of aromatic hydroxyl groups is 1. The summed E-state index contributed by atoms with van der Waals surface area (Å²) in [7, 11) is 1.38. The predicted molar refractivity (Wildman–Crippen MR) is 138 cm³/mol. The van der Waals surface area contributed by atoms with Crippen molar-refractivity contribution in [2.45, 2.75) is 37.9 Å². The standard InChI is InChI=1S/C26H33N5O7/c1-16(30-25(37)20(27)12-18-8-10-19(32)11-9-18)24(36)28-14-22(33)31(2)21(26(38)29-15-23(34)35)13-17-6-4-3-5-7-17/h3-11,16,20-21,32H,12-15,27H2,1-2H3,(H,28,36)(H,29,38)(H,30,37)(H,34,35). The van der Waals surface area contributed by atoms with Crippen molar-refractivity contribution in [3.63, 3.8) is 0 Å². The van der Waals surface area contributed by atoms with Gasteiger partial charge in [0.2, 0.25) is 23.6 Å². The fourth-order valence-electron chi connectivity index (χ4n) is 3.50. The number of likely N-dealkylation sites (N-methyl/N-ethyl adjacent to an activating group) is 1. The number of phenols is 1. The fourth-order valence-corrected chi connectivity index (χ4v) is 3.50. The van der Waals surface area contributed by atoms with Gasteiger partial charge < -0.3 is 36.8 Å². The zero-order valence-corrected chi connectivity index (χ0v) is 21.2. The normalized spacial score (nSPS) is 12.9. The second-order valence-corrected chi connectivity index (χ2v) is 8.75. The van der Waals surface area contributed by atoms with Gasteiger partial charge in [-0.2, -0.15) is 0 Å². The molecule has 2 aromatic carbocycles. The maximum Gasteiger partial charge on any atom is 0.322 e. The summed E-state index contributed by atoms with van der Waals surface area (Å²) in [6, 6.07) is 12.2. The van der Waals surface area contributed by atoms with Crippen LogP contribution >= 0.6 is 0 Å². The molecule has 3 unspecified atom stereocenters. The van der Waals surface area contributed by atoms with Gasteiger partial charge in [0, 0.05) is 13.5 Å². The van der Waals surface area contributed by atoms with Crippen molar-refractivity contribution < 1.29 is 34.2 Å². The van der Waals surface area contributed by atoms with Crippen LogP contribution in [-0.4, -0.2) is 83.0 Å². The van der Waals surface area contributed by atoms with Crippen molar-refractivity contribution in [3.8, 4) is 5.75 Å². The number of nitrogens with zero attached hydrogens (tertiary/aromatic N) is 1. The Morgan fingerprint density at radius 1 is 0.842 bits per heavy atom. The number of carbonyl (C=O) groups excluding carboxylic acids is 4. The number of nitrogens with two attached hydrogens (primary N) is 1. The van der Waals surface area contributed by atoms with Crippen molar-refractivity contribution in [1.82, 2.24) is 20.9 Å². The van der Waals surface area contributed by atoms with Gasteiger partial charge in [0.05, 0.1) is 12.6 Å². The van der Waals surface area contributed by atoms with Crippen molar-refractivity contribution in [1.29, 1.82) is 0 Å². The van der Waals surface area contributed by atoms with E-state index < -0.39 is 60.8 Å². The van der Waals surface area contributed by atoms with E-state index in [4.69, 9.17) is 10.8 Å². The minimum Gasteiger partial charge on any atom is -0.508 e. The predicted octanol–water partition coefficient (Wildman–Crippen LogP) is -0.847. The number of nitrogens with one attached hydrogen (secondary N) is 3. The van der Waals surface area contributed by atoms with E-state index in [1.165, 1.54) is 26.1 Å². The van der Waals surface area contributed by atoms with Crippen LogP contribution in [-0.2, 0) is 36.8 Å². The molecular formula is C26H33N5O7. The first-order valence-corrected chi connectivity index (χ1v) is 11.9. The molecule has 0 fully saturated rings. The van der Waals surface area contributed by atoms with Crippen molar-refractivity contribution in [2.75, 3.05) is 20.1 Å². The third kappa shape index (κ3) is 9.54. The van der Waals surface area contributed by atoms with Gasteiger partial charge in [-0.1, -0.05) is 42.5 Å². The quantitative estimate of drug-likeness (QED) is 0.194. The van der Waals surface area contributed by atoms with Gasteiger partial charge >= 0.3 is 5.97 Å². The Hall–Kier alpha value is -4.45. The topological polar surface area (TPSA) is 191 Å². The molecule has 38 heavy (non-hydrogen) atoms. The van der Waals surface area contributed by atoms with E-state index in [9.17, 15) is 29.1 Å². The molecule has 0 saturated heterocycles. The number of carbonyl (C=O) groups is 5. The van der Waals surface area contributed by atoms with Gasteiger partial charge in [0.25, 0.3) is 0 Å². The summed E-state index contributed by atoms with van der Waals surface area (Å²) in [4.78, 5) is 62.3. The Bertz CT molecular complexity index is 1120. The molecule has 2 aromatic rings. The van der Waals surface area contributed by atoms with E-state index in [1.54, 1.807) is 42.5 Å². The number of hydrogen-bond acceptors (Lipinski definition) is 7. The average molecular weight is 528 g/mol. The van der Waals surface area contributed by atoms with Crippen molar-refractivity contribution in [2.24, 2.45) is 5.73 Å². The van der Waals surface area contributed by atoms with E-state index in [0.29, 0.717) is 0 Å². The summed E-state index contributed by atoms with van der Waals surface area (Å²) in [5.74, 6) is -3.58. The van der Waals surface area contributed by atoms with Crippen LogP contribution in [0.4, 0.5) is 0 Å². The molecule has 0 aliphatic rings. The van der Waals surface area contributed by atoms with Crippen LogP contribution in [0.1, 0.15) is 18.1 Å². The molecule has 0 radical (unpaired) electrons. The maximum atomic E-state index is 12.8. The van der Waals surface area contributed by atoms with Crippen LogP contribution in [0.5, 0.6) is 5.75 Å².